The van der Waals surface area contributed by atoms with E-state index in [0.29, 0.717) is 11.2 Å². The first-order valence-electron chi connectivity index (χ1n) is 4.20. The van der Waals surface area contributed by atoms with Crippen LogP contribution in [-0.4, -0.2) is 21.9 Å². The maximum atomic E-state index is 5.57. The van der Waals surface area contributed by atoms with Crippen LogP contribution in [0.15, 0.2) is 29.4 Å². The lowest BCUT2D eigenvalue weighted by molar-refractivity contribution is 0.744. The van der Waals surface area contributed by atoms with Crippen molar-refractivity contribution in [3.05, 3.63) is 30.1 Å². The first-order chi connectivity index (χ1) is 6.34. The smallest absolute Gasteiger partial charge is 0.154 e. The highest BCUT2D eigenvalue weighted by atomic mass is 32.2. The van der Waals surface area contributed by atoms with Crippen molar-refractivity contribution in [2.24, 2.45) is 10.7 Å². The van der Waals surface area contributed by atoms with Crippen LogP contribution in [0.1, 0.15) is 5.69 Å². The Morgan fingerprint density at radius 3 is 3.08 bits per heavy atom. The summed E-state index contributed by atoms with van der Waals surface area (Å²) in [5.41, 5.74) is 6.66. The van der Waals surface area contributed by atoms with E-state index in [-0.39, 0.29) is 0 Å². The summed E-state index contributed by atoms with van der Waals surface area (Å²) in [6.45, 7) is 0. The van der Waals surface area contributed by atoms with Crippen molar-refractivity contribution in [2.45, 2.75) is 12.5 Å². The van der Waals surface area contributed by atoms with E-state index in [2.05, 4.69) is 9.98 Å². The van der Waals surface area contributed by atoms with E-state index in [0.717, 1.165) is 17.9 Å². The molecule has 0 fully saturated rings. The molecule has 68 valence electrons. The van der Waals surface area contributed by atoms with Gasteiger partial charge in [-0.2, -0.15) is 0 Å². The van der Waals surface area contributed by atoms with Crippen LogP contribution in [0.25, 0.3) is 0 Å². The van der Waals surface area contributed by atoms with Crippen LogP contribution in [0.5, 0.6) is 0 Å². The summed E-state index contributed by atoms with van der Waals surface area (Å²) in [7, 11) is 0. The van der Waals surface area contributed by atoms with Crippen LogP contribution in [-0.2, 0) is 6.42 Å². The highest BCUT2D eigenvalue weighted by Gasteiger charge is 2.16. The summed E-state index contributed by atoms with van der Waals surface area (Å²) >= 11 is 1.62. The number of amidine groups is 1. The molecule has 0 saturated heterocycles. The van der Waals surface area contributed by atoms with Gasteiger partial charge in [0.25, 0.3) is 0 Å². The van der Waals surface area contributed by atoms with Crippen molar-refractivity contribution in [2.75, 3.05) is 5.75 Å². The van der Waals surface area contributed by atoms with Gasteiger partial charge in [0.1, 0.15) is 0 Å². The minimum absolute atomic E-state index is 0.319. The quantitative estimate of drug-likeness (QED) is 0.764. The standard InChI is InChI=1S/C9H11N3S/c10-9-12-8(6-13-9)5-7-3-1-2-4-11-7/h1-4,8H,5-6H2,(H2,10,12). The van der Waals surface area contributed by atoms with Crippen molar-refractivity contribution >= 4 is 16.9 Å². The number of aromatic nitrogens is 1. The van der Waals surface area contributed by atoms with Crippen molar-refractivity contribution in [1.82, 2.24) is 4.98 Å². The second kappa shape index (κ2) is 3.79. The normalized spacial score (nSPS) is 21.5. The van der Waals surface area contributed by atoms with Gasteiger partial charge in [0.05, 0.1) is 6.04 Å². The van der Waals surface area contributed by atoms with E-state index in [1.165, 1.54) is 0 Å². The van der Waals surface area contributed by atoms with Gasteiger partial charge in [0, 0.05) is 24.1 Å². The van der Waals surface area contributed by atoms with Crippen LogP contribution < -0.4 is 5.73 Å². The summed E-state index contributed by atoms with van der Waals surface area (Å²) in [6, 6.07) is 6.26. The van der Waals surface area contributed by atoms with Gasteiger partial charge in [-0.15, -0.1) is 0 Å². The highest BCUT2D eigenvalue weighted by molar-refractivity contribution is 8.14. The van der Waals surface area contributed by atoms with Gasteiger partial charge >= 0.3 is 0 Å². The Morgan fingerprint density at radius 2 is 2.46 bits per heavy atom. The maximum absolute atomic E-state index is 5.57. The minimum Gasteiger partial charge on any atom is -0.379 e. The SMILES string of the molecule is NC1=NC(Cc2ccccn2)CS1. The molecule has 1 aromatic rings. The first kappa shape index (κ1) is 8.56. The Hall–Kier alpha value is -1.03. The molecular formula is C9H11N3S. The summed E-state index contributed by atoms with van der Waals surface area (Å²) in [4.78, 5) is 8.55. The van der Waals surface area contributed by atoms with E-state index in [1.807, 2.05) is 24.4 Å². The third-order valence-electron chi connectivity index (χ3n) is 1.90. The van der Waals surface area contributed by atoms with Crippen molar-refractivity contribution in [1.29, 1.82) is 0 Å². The predicted octanol–water partition coefficient (Wildman–Crippen LogP) is 1.05. The summed E-state index contributed by atoms with van der Waals surface area (Å²) in [6.07, 6.45) is 2.71. The molecule has 0 saturated carbocycles. The lowest BCUT2D eigenvalue weighted by Crippen LogP contribution is -2.09. The molecule has 0 spiro atoms. The maximum Gasteiger partial charge on any atom is 0.154 e. The lowest BCUT2D eigenvalue weighted by Gasteiger charge is -2.03. The second-order valence-electron chi connectivity index (χ2n) is 2.96. The molecule has 1 atom stereocenters. The number of nitrogens with zero attached hydrogens (tertiary/aromatic N) is 2. The summed E-state index contributed by atoms with van der Waals surface area (Å²) in [5.74, 6) is 0.988. The molecule has 0 amide bonds. The molecule has 2 heterocycles. The van der Waals surface area contributed by atoms with Gasteiger partial charge in [0.15, 0.2) is 5.17 Å². The van der Waals surface area contributed by atoms with E-state index in [1.54, 1.807) is 11.8 Å². The largest absolute Gasteiger partial charge is 0.379 e. The molecular weight excluding hydrogens is 182 g/mol. The summed E-state index contributed by atoms with van der Waals surface area (Å²) < 4.78 is 0. The van der Waals surface area contributed by atoms with Crippen molar-refractivity contribution in [3.63, 3.8) is 0 Å². The predicted molar refractivity (Wildman–Crippen MR) is 55.8 cm³/mol. The third-order valence-corrected chi connectivity index (χ3v) is 2.86. The van der Waals surface area contributed by atoms with Crippen LogP contribution in [0.4, 0.5) is 0 Å². The van der Waals surface area contributed by atoms with E-state index >= 15 is 0 Å². The molecule has 0 aromatic carbocycles. The number of hydrogen-bond donors (Lipinski definition) is 1. The van der Waals surface area contributed by atoms with Gasteiger partial charge in [-0.1, -0.05) is 17.8 Å². The molecule has 0 aliphatic carbocycles. The zero-order valence-corrected chi connectivity index (χ0v) is 8.00. The molecule has 1 aliphatic rings. The fourth-order valence-corrected chi connectivity index (χ4v) is 2.08. The van der Waals surface area contributed by atoms with Gasteiger partial charge in [-0.25, -0.2) is 0 Å². The van der Waals surface area contributed by atoms with Crippen LogP contribution in [0.3, 0.4) is 0 Å². The highest BCUT2D eigenvalue weighted by Crippen LogP contribution is 2.17. The Balaban J connectivity index is 2.00. The molecule has 1 aromatic heterocycles. The molecule has 4 heteroatoms. The summed E-state index contributed by atoms with van der Waals surface area (Å²) in [5, 5.41) is 0.709. The Labute approximate surface area is 81.5 Å². The van der Waals surface area contributed by atoms with Crippen molar-refractivity contribution < 1.29 is 0 Å². The number of nitrogens with two attached hydrogens (primary N) is 1. The average molecular weight is 193 g/mol. The molecule has 3 nitrogen and oxygen atoms in total. The zero-order valence-electron chi connectivity index (χ0n) is 7.18. The molecule has 1 unspecified atom stereocenters. The van der Waals surface area contributed by atoms with Gasteiger partial charge in [0.2, 0.25) is 0 Å². The molecule has 0 radical (unpaired) electrons. The Bertz CT molecular complexity index is 310. The molecule has 1 aliphatic heterocycles. The number of aliphatic imine (C=N–C) groups is 1. The van der Waals surface area contributed by atoms with E-state index in [4.69, 9.17) is 5.73 Å². The van der Waals surface area contributed by atoms with E-state index < -0.39 is 0 Å². The molecule has 0 bridgehead atoms. The van der Waals surface area contributed by atoms with E-state index in [9.17, 15) is 0 Å². The fourth-order valence-electron chi connectivity index (χ4n) is 1.30. The number of thioether (sulfide) groups is 1. The average Bonchev–Trinajstić information content (AvgIpc) is 2.53. The minimum atomic E-state index is 0.319. The monoisotopic (exact) mass is 193 g/mol. The molecule has 2 N–H and O–H groups in total. The van der Waals surface area contributed by atoms with Crippen LogP contribution in [0, 0.1) is 0 Å². The lowest BCUT2D eigenvalue weighted by atomic mass is 10.2. The zero-order chi connectivity index (χ0) is 9.10. The Kier molecular flexibility index (Phi) is 2.49. The third kappa shape index (κ3) is 2.21. The second-order valence-corrected chi connectivity index (χ2v) is 4.00. The Morgan fingerprint density at radius 1 is 1.54 bits per heavy atom. The number of hydrogen-bond acceptors (Lipinski definition) is 4. The first-order valence-corrected chi connectivity index (χ1v) is 5.19. The van der Waals surface area contributed by atoms with Gasteiger partial charge < -0.3 is 5.73 Å². The van der Waals surface area contributed by atoms with Crippen molar-refractivity contribution in [3.8, 4) is 0 Å². The fraction of sp³-hybridized carbons (Fsp3) is 0.333. The topological polar surface area (TPSA) is 51.3 Å². The van der Waals surface area contributed by atoms with Gasteiger partial charge in [-0.05, 0) is 12.1 Å². The van der Waals surface area contributed by atoms with Crippen LogP contribution in [0.2, 0.25) is 0 Å². The molecule has 2 rings (SSSR count). The number of rotatable bonds is 2. The van der Waals surface area contributed by atoms with Crippen LogP contribution >= 0.6 is 11.8 Å². The molecule has 13 heavy (non-hydrogen) atoms. The van der Waals surface area contributed by atoms with Gasteiger partial charge in [-0.3, -0.25) is 9.98 Å². The number of pyridine rings is 1.